The number of amides is 2. The summed E-state index contributed by atoms with van der Waals surface area (Å²) in [5, 5.41) is 8.77. The fourth-order valence-corrected chi connectivity index (χ4v) is 2.89. The Balaban J connectivity index is 1.54. The maximum atomic E-state index is 12.4. The van der Waals surface area contributed by atoms with Crippen LogP contribution in [0.5, 0.6) is 5.75 Å². The Bertz CT molecular complexity index is 990. The summed E-state index contributed by atoms with van der Waals surface area (Å²) in [6.45, 7) is 2.98. The predicted molar refractivity (Wildman–Crippen MR) is 119 cm³/mol. The molecule has 3 rings (SSSR count). The quantitative estimate of drug-likeness (QED) is 0.503. The number of nitrogens with one attached hydrogen (secondary N) is 3. The van der Waals surface area contributed by atoms with Gasteiger partial charge in [-0.25, -0.2) is 0 Å². The molecule has 0 fully saturated rings. The molecule has 2 amide bonds. The molecule has 0 saturated heterocycles. The zero-order chi connectivity index (χ0) is 21.2. The Kier molecular flexibility index (Phi) is 7.44. The van der Waals surface area contributed by atoms with Crippen LogP contribution in [0.3, 0.4) is 0 Å². The van der Waals surface area contributed by atoms with Crippen molar-refractivity contribution in [2.24, 2.45) is 0 Å². The number of para-hydroxylation sites is 2. The smallest absolute Gasteiger partial charge is 0.251 e. The van der Waals surface area contributed by atoms with Crippen molar-refractivity contribution in [1.29, 1.82) is 0 Å². The molecule has 0 aliphatic rings. The molecule has 30 heavy (non-hydrogen) atoms. The SMILES string of the molecule is CCOc1ccccc1NCC(=O)Nc1cccc(C(=O)NCc2ccccc2)c1. The molecule has 0 aliphatic carbocycles. The van der Waals surface area contributed by atoms with Gasteiger partial charge in [-0.1, -0.05) is 48.5 Å². The zero-order valence-corrected chi connectivity index (χ0v) is 16.9. The summed E-state index contributed by atoms with van der Waals surface area (Å²) < 4.78 is 5.55. The summed E-state index contributed by atoms with van der Waals surface area (Å²) >= 11 is 0. The molecule has 0 bridgehead atoms. The first-order valence-corrected chi connectivity index (χ1v) is 9.83. The molecule has 0 saturated carbocycles. The predicted octanol–water partition coefficient (Wildman–Crippen LogP) is 4.07. The number of carbonyl (C=O) groups excluding carboxylic acids is 2. The van der Waals surface area contributed by atoms with Crippen molar-refractivity contribution in [3.05, 3.63) is 90.0 Å². The summed E-state index contributed by atoms with van der Waals surface area (Å²) in [5.74, 6) is 0.284. The van der Waals surface area contributed by atoms with Gasteiger partial charge in [0.05, 0.1) is 18.8 Å². The molecule has 0 aromatic heterocycles. The molecule has 0 radical (unpaired) electrons. The van der Waals surface area contributed by atoms with Crippen LogP contribution in [0, 0.1) is 0 Å². The van der Waals surface area contributed by atoms with E-state index in [2.05, 4.69) is 16.0 Å². The molecule has 3 aromatic carbocycles. The largest absolute Gasteiger partial charge is 0.492 e. The highest BCUT2D eigenvalue weighted by Crippen LogP contribution is 2.23. The lowest BCUT2D eigenvalue weighted by molar-refractivity contribution is -0.114. The van der Waals surface area contributed by atoms with Gasteiger partial charge in [0, 0.05) is 17.8 Å². The minimum absolute atomic E-state index is 0.0779. The third kappa shape index (κ3) is 6.10. The van der Waals surface area contributed by atoms with Gasteiger partial charge in [-0.15, -0.1) is 0 Å². The topological polar surface area (TPSA) is 79.5 Å². The van der Waals surface area contributed by atoms with E-state index in [4.69, 9.17) is 4.74 Å². The molecule has 6 nitrogen and oxygen atoms in total. The molecule has 0 unspecified atom stereocenters. The van der Waals surface area contributed by atoms with Crippen molar-refractivity contribution in [3.8, 4) is 5.75 Å². The first-order valence-electron chi connectivity index (χ1n) is 9.83. The van der Waals surface area contributed by atoms with Crippen LogP contribution in [0.15, 0.2) is 78.9 Å². The van der Waals surface area contributed by atoms with Crippen LogP contribution >= 0.6 is 0 Å². The maximum absolute atomic E-state index is 12.4. The molecular formula is C24H25N3O3. The number of anilines is 2. The highest BCUT2D eigenvalue weighted by molar-refractivity contribution is 5.98. The second-order valence-electron chi connectivity index (χ2n) is 6.58. The van der Waals surface area contributed by atoms with Gasteiger partial charge in [-0.2, -0.15) is 0 Å². The molecule has 0 heterocycles. The molecule has 6 heteroatoms. The van der Waals surface area contributed by atoms with Crippen molar-refractivity contribution in [2.75, 3.05) is 23.8 Å². The van der Waals surface area contributed by atoms with Crippen molar-refractivity contribution in [2.45, 2.75) is 13.5 Å². The van der Waals surface area contributed by atoms with E-state index in [0.717, 1.165) is 11.3 Å². The minimum Gasteiger partial charge on any atom is -0.492 e. The van der Waals surface area contributed by atoms with Crippen molar-refractivity contribution >= 4 is 23.2 Å². The lowest BCUT2D eigenvalue weighted by atomic mass is 10.1. The minimum atomic E-state index is -0.219. The highest BCUT2D eigenvalue weighted by atomic mass is 16.5. The normalized spacial score (nSPS) is 10.2. The number of hydrogen-bond donors (Lipinski definition) is 3. The molecule has 154 valence electrons. The fraction of sp³-hybridized carbons (Fsp3) is 0.167. The van der Waals surface area contributed by atoms with Crippen LogP contribution in [0.2, 0.25) is 0 Å². The van der Waals surface area contributed by atoms with E-state index in [1.807, 2.05) is 61.5 Å². The first-order chi connectivity index (χ1) is 14.7. The van der Waals surface area contributed by atoms with Gasteiger partial charge in [0.25, 0.3) is 5.91 Å². The van der Waals surface area contributed by atoms with Crippen LogP contribution < -0.4 is 20.7 Å². The molecule has 0 atom stereocenters. The lowest BCUT2D eigenvalue weighted by Crippen LogP contribution is -2.24. The van der Waals surface area contributed by atoms with E-state index in [1.165, 1.54) is 0 Å². The van der Waals surface area contributed by atoms with Gasteiger partial charge in [-0.3, -0.25) is 9.59 Å². The van der Waals surface area contributed by atoms with E-state index in [0.29, 0.717) is 30.2 Å². The van der Waals surface area contributed by atoms with E-state index in [1.54, 1.807) is 24.3 Å². The summed E-state index contributed by atoms with van der Waals surface area (Å²) in [6.07, 6.45) is 0. The average molecular weight is 403 g/mol. The zero-order valence-electron chi connectivity index (χ0n) is 16.9. The number of rotatable bonds is 9. The number of ether oxygens (including phenoxy) is 1. The summed E-state index contributed by atoms with van der Waals surface area (Å²) in [7, 11) is 0. The lowest BCUT2D eigenvalue weighted by Gasteiger charge is -2.12. The summed E-state index contributed by atoms with van der Waals surface area (Å²) in [5.41, 5.74) is 2.82. The van der Waals surface area contributed by atoms with Gasteiger partial charge in [0.2, 0.25) is 5.91 Å². The van der Waals surface area contributed by atoms with Crippen LogP contribution in [-0.2, 0) is 11.3 Å². The third-order valence-electron chi connectivity index (χ3n) is 4.33. The van der Waals surface area contributed by atoms with E-state index in [9.17, 15) is 9.59 Å². The maximum Gasteiger partial charge on any atom is 0.251 e. The van der Waals surface area contributed by atoms with Crippen LogP contribution in [0.4, 0.5) is 11.4 Å². The Hall–Kier alpha value is -3.80. The number of benzene rings is 3. The highest BCUT2D eigenvalue weighted by Gasteiger charge is 2.09. The fourth-order valence-electron chi connectivity index (χ4n) is 2.89. The van der Waals surface area contributed by atoms with Crippen LogP contribution in [0.1, 0.15) is 22.8 Å². The molecular weight excluding hydrogens is 378 g/mol. The third-order valence-corrected chi connectivity index (χ3v) is 4.33. The summed E-state index contributed by atoms with van der Waals surface area (Å²) in [6, 6.07) is 24.0. The van der Waals surface area contributed by atoms with Gasteiger partial charge >= 0.3 is 0 Å². The van der Waals surface area contributed by atoms with E-state index >= 15 is 0 Å². The standard InChI is InChI=1S/C24H25N3O3/c1-2-30-22-14-7-6-13-21(22)25-17-23(28)27-20-12-8-11-19(15-20)24(29)26-16-18-9-4-3-5-10-18/h3-15,25H,2,16-17H2,1H3,(H,26,29)(H,27,28). The molecule has 0 aliphatic heterocycles. The molecule has 0 spiro atoms. The number of carbonyl (C=O) groups is 2. The van der Waals surface area contributed by atoms with E-state index in [-0.39, 0.29) is 18.4 Å². The Morgan fingerprint density at radius 3 is 2.47 bits per heavy atom. The first kappa shape index (κ1) is 20.9. The van der Waals surface area contributed by atoms with Crippen molar-refractivity contribution in [1.82, 2.24) is 5.32 Å². The van der Waals surface area contributed by atoms with E-state index < -0.39 is 0 Å². The molecule has 3 aromatic rings. The van der Waals surface area contributed by atoms with Crippen molar-refractivity contribution < 1.29 is 14.3 Å². The van der Waals surface area contributed by atoms with Gasteiger partial charge < -0.3 is 20.7 Å². The molecule has 3 N–H and O–H groups in total. The van der Waals surface area contributed by atoms with Gasteiger partial charge in [0.15, 0.2) is 0 Å². The van der Waals surface area contributed by atoms with Crippen LogP contribution in [-0.4, -0.2) is 25.0 Å². The Labute approximate surface area is 176 Å². The van der Waals surface area contributed by atoms with Crippen molar-refractivity contribution in [3.63, 3.8) is 0 Å². The average Bonchev–Trinajstić information content (AvgIpc) is 2.78. The van der Waals surface area contributed by atoms with Crippen LogP contribution in [0.25, 0.3) is 0 Å². The Morgan fingerprint density at radius 1 is 0.900 bits per heavy atom. The van der Waals surface area contributed by atoms with Gasteiger partial charge in [-0.05, 0) is 42.8 Å². The monoisotopic (exact) mass is 403 g/mol. The number of hydrogen-bond acceptors (Lipinski definition) is 4. The summed E-state index contributed by atoms with van der Waals surface area (Å²) in [4.78, 5) is 24.7. The van der Waals surface area contributed by atoms with Gasteiger partial charge in [0.1, 0.15) is 5.75 Å². The second-order valence-corrected chi connectivity index (χ2v) is 6.58. The Morgan fingerprint density at radius 2 is 1.67 bits per heavy atom. The second kappa shape index (κ2) is 10.7.